The van der Waals surface area contributed by atoms with Crippen LogP contribution in [0.3, 0.4) is 0 Å². The Morgan fingerprint density at radius 2 is 1.69 bits per heavy atom. The fraction of sp³-hybridized carbons (Fsp3) is 0.778. The maximum absolute atomic E-state index is 14.0. The molecule has 1 aliphatic carbocycles. The predicted molar refractivity (Wildman–Crippen MR) is 175 cm³/mol. The van der Waals surface area contributed by atoms with E-state index in [-0.39, 0.29) is 30.6 Å². The largest absolute Gasteiger partial charge is 0.390 e. The number of likely N-dealkylation sites (tertiary alicyclic amines) is 1. The third-order valence-corrected chi connectivity index (χ3v) is 9.31. The normalized spacial score (nSPS) is 20.0. The number of rotatable bonds is 19. The fourth-order valence-corrected chi connectivity index (χ4v) is 6.71. The van der Waals surface area contributed by atoms with Gasteiger partial charge in [0.2, 0.25) is 5.91 Å². The molecule has 2 fully saturated rings. The van der Waals surface area contributed by atoms with E-state index in [1.807, 2.05) is 49.1 Å². The number of hydrogen-bond acceptors (Lipinski definition) is 7. The smallest absolute Gasteiger partial charge is 0.252 e. The van der Waals surface area contributed by atoms with Crippen LogP contribution in [0, 0.1) is 11.8 Å². The van der Waals surface area contributed by atoms with Gasteiger partial charge in [-0.25, -0.2) is 0 Å². The lowest BCUT2D eigenvalue weighted by atomic mass is 9.82. The molecule has 1 saturated heterocycles. The highest BCUT2D eigenvalue weighted by atomic mass is 16.7. The van der Waals surface area contributed by atoms with Crippen LogP contribution < -0.4 is 5.32 Å². The molecule has 3 N–H and O–H groups in total. The van der Waals surface area contributed by atoms with Crippen molar-refractivity contribution in [3.63, 3.8) is 0 Å². The summed E-state index contributed by atoms with van der Waals surface area (Å²) in [6.45, 7) is 7.43. The third-order valence-electron chi connectivity index (χ3n) is 9.31. The molecule has 1 saturated carbocycles. The van der Waals surface area contributed by atoms with Crippen molar-refractivity contribution in [2.75, 3.05) is 27.0 Å². The molecule has 256 valence electrons. The van der Waals surface area contributed by atoms with Gasteiger partial charge in [0.25, 0.3) is 5.91 Å². The van der Waals surface area contributed by atoms with Gasteiger partial charge in [0.05, 0.1) is 18.2 Å². The first-order chi connectivity index (χ1) is 21.7. The summed E-state index contributed by atoms with van der Waals surface area (Å²) >= 11 is 0. The average Bonchev–Trinajstić information content (AvgIpc) is 3.05. The van der Waals surface area contributed by atoms with Gasteiger partial charge in [-0.15, -0.1) is 0 Å². The summed E-state index contributed by atoms with van der Waals surface area (Å²) in [5.41, 5.74) is 0.964. The molecule has 5 atom stereocenters. The number of hydrogen-bond donors (Lipinski definition) is 3. The Labute approximate surface area is 271 Å². The van der Waals surface area contributed by atoms with Crippen LogP contribution in [0.5, 0.6) is 0 Å². The van der Waals surface area contributed by atoms with Crippen molar-refractivity contribution in [2.45, 2.75) is 141 Å². The number of carbonyl (C=O) groups is 2. The molecule has 9 heteroatoms. The Bertz CT molecular complexity index is 963. The zero-order chi connectivity index (χ0) is 32.6. The molecule has 1 aromatic rings. The molecular formula is C36H60N2O7. The number of aliphatic hydroxyl groups excluding tert-OH is 2. The van der Waals surface area contributed by atoms with Crippen LogP contribution in [0.25, 0.3) is 0 Å². The molecule has 1 heterocycles. The van der Waals surface area contributed by atoms with Crippen LogP contribution in [-0.2, 0) is 30.2 Å². The summed E-state index contributed by atoms with van der Waals surface area (Å²) in [6.07, 6.45) is 6.97. The van der Waals surface area contributed by atoms with Crippen LogP contribution in [0.1, 0.15) is 103 Å². The van der Waals surface area contributed by atoms with Crippen molar-refractivity contribution in [3.8, 4) is 0 Å². The van der Waals surface area contributed by atoms with Gasteiger partial charge in [0.1, 0.15) is 25.1 Å². The van der Waals surface area contributed by atoms with E-state index in [9.17, 15) is 19.8 Å². The molecule has 2 amide bonds. The van der Waals surface area contributed by atoms with Crippen LogP contribution in [-0.4, -0.2) is 90.5 Å². The topological polar surface area (TPSA) is 118 Å². The molecule has 9 nitrogen and oxygen atoms in total. The highest BCUT2D eigenvalue weighted by Crippen LogP contribution is 2.29. The van der Waals surface area contributed by atoms with Crippen LogP contribution >= 0.6 is 0 Å². The highest BCUT2D eigenvalue weighted by molar-refractivity contribution is 5.84. The maximum atomic E-state index is 14.0. The van der Waals surface area contributed by atoms with E-state index >= 15 is 0 Å². The lowest BCUT2D eigenvalue weighted by Gasteiger charge is -2.36. The number of unbranched alkanes of at least 4 members (excludes halogenated alkanes) is 1. The second kappa shape index (κ2) is 20.3. The van der Waals surface area contributed by atoms with E-state index in [0.717, 1.165) is 44.1 Å². The minimum atomic E-state index is -1.08. The lowest BCUT2D eigenvalue weighted by molar-refractivity contribution is -0.157. The van der Waals surface area contributed by atoms with E-state index in [1.54, 1.807) is 7.11 Å². The standard InChI is InChI=1S/C36H60N2O7/c1-5-6-17-32(35(41)37-30(23-27-13-9-7-10-14-27)34(40)31(39)22-26(2)3)45-33(24-28-15-11-8-12-16-28)36(42)38-20-18-29(19-21-38)44-25-43-4/h8,11-12,15-16,26-27,29-34,39-40H,5-7,9-10,13-14,17-25H2,1-4H3,(H,37,41). The van der Waals surface area contributed by atoms with E-state index in [2.05, 4.69) is 12.2 Å². The highest BCUT2D eigenvalue weighted by Gasteiger charge is 2.36. The molecule has 0 bridgehead atoms. The Kier molecular flexibility index (Phi) is 16.8. The van der Waals surface area contributed by atoms with Crippen molar-refractivity contribution in [1.29, 1.82) is 0 Å². The quantitative estimate of drug-likeness (QED) is 0.184. The van der Waals surface area contributed by atoms with Crippen molar-refractivity contribution in [2.24, 2.45) is 11.8 Å². The van der Waals surface area contributed by atoms with Gasteiger partial charge in [-0.05, 0) is 49.5 Å². The van der Waals surface area contributed by atoms with Gasteiger partial charge in [-0.1, -0.05) is 96.0 Å². The molecular weight excluding hydrogens is 572 g/mol. The molecule has 45 heavy (non-hydrogen) atoms. The molecule has 0 aromatic heterocycles. The van der Waals surface area contributed by atoms with Crippen LogP contribution in [0.4, 0.5) is 0 Å². The summed E-state index contributed by atoms with van der Waals surface area (Å²) in [5.74, 6) is 0.160. The average molecular weight is 633 g/mol. The summed E-state index contributed by atoms with van der Waals surface area (Å²) in [4.78, 5) is 29.8. The molecule has 2 aliphatic rings. The predicted octanol–water partition coefficient (Wildman–Crippen LogP) is 5.01. The number of nitrogens with zero attached hydrogens (tertiary/aromatic N) is 1. The van der Waals surface area contributed by atoms with Crippen LogP contribution in [0.15, 0.2) is 30.3 Å². The van der Waals surface area contributed by atoms with Gasteiger partial charge in [-0.3, -0.25) is 9.59 Å². The van der Waals surface area contributed by atoms with E-state index in [0.29, 0.717) is 57.5 Å². The van der Waals surface area contributed by atoms with E-state index < -0.39 is 30.5 Å². The number of carbonyl (C=O) groups excluding carboxylic acids is 2. The minimum Gasteiger partial charge on any atom is -0.390 e. The molecule has 0 radical (unpaired) electrons. The zero-order valence-corrected chi connectivity index (χ0v) is 28.2. The van der Waals surface area contributed by atoms with Crippen molar-refractivity contribution >= 4 is 11.8 Å². The summed E-state index contributed by atoms with van der Waals surface area (Å²) in [7, 11) is 1.60. The second-order valence-electron chi connectivity index (χ2n) is 13.6. The van der Waals surface area contributed by atoms with Gasteiger partial charge in [-0.2, -0.15) is 0 Å². The summed E-state index contributed by atoms with van der Waals surface area (Å²) < 4.78 is 17.3. The Balaban J connectivity index is 1.78. The molecule has 1 aromatic carbocycles. The SMILES string of the molecule is CCCCC(OC(Cc1ccccc1)C(=O)N1CCC(OCOC)CC1)C(=O)NC(CC1CCCCC1)C(O)C(O)CC(C)C. The number of amides is 2. The molecule has 5 unspecified atom stereocenters. The fourth-order valence-electron chi connectivity index (χ4n) is 6.71. The van der Waals surface area contributed by atoms with Gasteiger partial charge in [0, 0.05) is 26.6 Å². The first-order valence-corrected chi connectivity index (χ1v) is 17.5. The van der Waals surface area contributed by atoms with Crippen molar-refractivity contribution in [3.05, 3.63) is 35.9 Å². The van der Waals surface area contributed by atoms with Crippen LogP contribution in [0.2, 0.25) is 0 Å². The minimum absolute atomic E-state index is 0.0455. The van der Waals surface area contributed by atoms with Crippen molar-refractivity contribution < 1.29 is 34.0 Å². The van der Waals surface area contributed by atoms with E-state index in [1.165, 1.54) is 6.42 Å². The summed E-state index contributed by atoms with van der Waals surface area (Å²) in [5, 5.41) is 25.3. The van der Waals surface area contributed by atoms with E-state index in [4.69, 9.17) is 14.2 Å². The molecule has 0 spiro atoms. The third kappa shape index (κ3) is 12.9. The second-order valence-corrected chi connectivity index (χ2v) is 13.6. The number of ether oxygens (including phenoxy) is 3. The zero-order valence-electron chi connectivity index (χ0n) is 28.2. The number of piperidine rings is 1. The number of benzene rings is 1. The first-order valence-electron chi connectivity index (χ1n) is 17.5. The lowest BCUT2D eigenvalue weighted by Crippen LogP contribution is -2.54. The molecule has 3 rings (SSSR count). The Morgan fingerprint density at radius 1 is 1.00 bits per heavy atom. The number of methoxy groups -OCH3 is 1. The number of aliphatic hydroxyl groups is 2. The van der Waals surface area contributed by atoms with Gasteiger partial charge < -0.3 is 34.6 Å². The van der Waals surface area contributed by atoms with Crippen molar-refractivity contribution in [1.82, 2.24) is 10.2 Å². The van der Waals surface area contributed by atoms with Gasteiger partial charge >= 0.3 is 0 Å². The number of nitrogens with one attached hydrogen (secondary N) is 1. The summed E-state index contributed by atoms with van der Waals surface area (Å²) in [6, 6.07) is 9.18. The monoisotopic (exact) mass is 632 g/mol. The molecule has 1 aliphatic heterocycles. The first kappa shape index (κ1) is 37.4. The Morgan fingerprint density at radius 3 is 2.31 bits per heavy atom. The van der Waals surface area contributed by atoms with Gasteiger partial charge in [0.15, 0.2) is 0 Å². The maximum Gasteiger partial charge on any atom is 0.252 e. The Hall–Kier alpha value is -2.04.